The molecule has 0 radical (unpaired) electrons. The fourth-order valence-electron chi connectivity index (χ4n) is 3.72. The van der Waals surface area contributed by atoms with Crippen molar-refractivity contribution in [2.45, 2.75) is 98.0 Å². The molecular weight excluding hydrogens is 419 g/mol. The Labute approximate surface area is 199 Å². The molecule has 1 heterocycles. The molecule has 0 aromatic heterocycles. The number of ether oxygens (including phenoxy) is 2. The zero-order valence-electron chi connectivity index (χ0n) is 21.8. The van der Waals surface area contributed by atoms with Gasteiger partial charge in [-0.15, -0.1) is 0 Å². The molecular formula is C25H39BN2O5. The van der Waals surface area contributed by atoms with Gasteiger partial charge < -0.3 is 24.1 Å². The van der Waals surface area contributed by atoms with Crippen LogP contribution in [-0.2, 0) is 14.0 Å². The highest BCUT2D eigenvalue weighted by Gasteiger charge is 2.51. The molecule has 2 rings (SSSR count). The Bertz CT molecular complexity index is 885. The SMILES string of the molecule is CC(C)C[C@@](C)(COc1ccc(B2OC(C)(C)C(C)(C)O2)cc1C#N)NC(=O)OC(C)(C)C. The lowest BCUT2D eigenvalue weighted by Gasteiger charge is -2.33. The van der Waals surface area contributed by atoms with E-state index in [0.29, 0.717) is 23.7 Å². The van der Waals surface area contributed by atoms with Crippen molar-refractivity contribution in [3.63, 3.8) is 0 Å². The summed E-state index contributed by atoms with van der Waals surface area (Å²) in [6, 6.07) is 7.54. The number of hydrogen-bond acceptors (Lipinski definition) is 6. The Balaban J connectivity index is 2.18. The van der Waals surface area contributed by atoms with Gasteiger partial charge in [0.1, 0.15) is 24.0 Å². The van der Waals surface area contributed by atoms with E-state index in [1.165, 1.54) is 0 Å². The van der Waals surface area contributed by atoms with Crippen molar-refractivity contribution >= 4 is 18.7 Å². The summed E-state index contributed by atoms with van der Waals surface area (Å²) in [7, 11) is -0.559. The molecule has 8 heteroatoms. The minimum Gasteiger partial charge on any atom is -0.490 e. The lowest BCUT2D eigenvalue weighted by atomic mass is 9.78. The van der Waals surface area contributed by atoms with Gasteiger partial charge in [0.05, 0.1) is 22.3 Å². The second kappa shape index (κ2) is 9.56. The van der Waals surface area contributed by atoms with E-state index in [1.807, 2.05) is 61.5 Å². The van der Waals surface area contributed by atoms with Crippen molar-refractivity contribution < 1.29 is 23.6 Å². The first-order valence-corrected chi connectivity index (χ1v) is 11.5. The zero-order valence-corrected chi connectivity index (χ0v) is 21.8. The third-order valence-corrected chi connectivity index (χ3v) is 5.86. The maximum atomic E-state index is 12.4. The largest absolute Gasteiger partial charge is 0.494 e. The Morgan fingerprint density at radius 1 is 1.15 bits per heavy atom. The van der Waals surface area contributed by atoms with Crippen molar-refractivity contribution in [3.8, 4) is 11.8 Å². The van der Waals surface area contributed by atoms with Crippen LogP contribution in [0.25, 0.3) is 0 Å². The summed E-state index contributed by atoms with van der Waals surface area (Å²) < 4.78 is 23.7. The number of carbonyl (C=O) groups is 1. The van der Waals surface area contributed by atoms with Gasteiger partial charge in [-0.2, -0.15) is 5.26 Å². The minimum absolute atomic E-state index is 0.189. The third-order valence-electron chi connectivity index (χ3n) is 5.86. The van der Waals surface area contributed by atoms with Crippen LogP contribution >= 0.6 is 0 Å². The van der Waals surface area contributed by atoms with Gasteiger partial charge >= 0.3 is 13.2 Å². The molecule has 0 bridgehead atoms. The van der Waals surface area contributed by atoms with E-state index in [4.69, 9.17) is 18.8 Å². The highest BCUT2D eigenvalue weighted by atomic mass is 16.7. The number of nitriles is 1. The van der Waals surface area contributed by atoms with Crippen LogP contribution in [0.5, 0.6) is 5.75 Å². The molecule has 1 aliphatic heterocycles. The number of amides is 1. The Kier molecular flexibility index (Phi) is 7.82. The van der Waals surface area contributed by atoms with Gasteiger partial charge in [0.2, 0.25) is 0 Å². The monoisotopic (exact) mass is 458 g/mol. The first-order chi connectivity index (χ1) is 15.0. The molecule has 33 heavy (non-hydrogen) atoms. The van der Waals surface area contributed by atoms with Crippen molar-refractivity contribution in [2.24, 2.45) is 5.92 Å². The summed E-state index contributed by atoms with van der Waals surface area (Å²) in [5, 5.41) is 12.7. The summed E-state index contributed by atoms with van der Waals surface area (Å²) in [6.07, 6.45) is 0.186. The van der Waals surface area contributed by atoms with Crippen LogP contribution in [0.2, 0.25) is 0 Å². The topological polar surface area (TPSA) is 89.8 Å². The lowest BCUT2D eigenvalue weighted by Crippen LogP contribution is -2.52. The van der Waals surface area contributed by atoms with Crippen molar-refractivity contribution in [1.29, 1.82) is 5.26 Å². The van der Waals surface area contributed by atoms with E-state index < -0.39 is 35.6 Å². The van der Waals surface area contributed by atoms with Gasteiger partial charge in [-0.3, -0.25) is 0 Å². The molecule has 1 fully saturated rings. The minimum atomic E-state index is -0.673. The number of nitrogens with one attached hydrogen (secondary N) is 1. The standard InChI is InChI=1S/C25H39BN2O5/c1-17(2)14-25(10,28-21(29)31-22(3,4)5)16-30-20-12-11-19(13-18(20)15-27)26-32-23(6,7)24(8,9)33-26/h11-13,17H,14,16H2,1-10H3,(H,28,29)/t25-/m0/s1. The molecule has 0 aliphatic carbocycles. The second-order valence-electron chi connectivity index (χ2n) is 11.5. The quantitative estimate of drug-likeness (QED) is 0.603. The smallest absolute Gasteiger partial charge is 0.490 e. The van der Waals surface area contributed by atoms with E-state index in [-0.39, 0.29) is 6.61 Å². The lowest BCUT2D eigenvalue weighted by molar-refractivity contribution is 0.00578. The van der Waals surface area contributed by atoms with Crippen molar-refractivity contribution in [2.75, 3.05) is 6.61 Å². The molecule has 1 aromatic rings. The van der Waals surface area contributed by atoms with Crippen LogP contribution in [0.4, 0.5) is 4.79 Å². The molecule has 0 unspecified atom stereocenters. The number of alkyl carbamates (subject to hydrolysis) is 1. The van der Waals surface area contributed by atoms with E-state index in [9.17, 15) is 10.1 Å². The van der Waals surface area contributed by atoms with Crippen LogP contribution < -0.4 is 15.5 Å². The molecule has 182 valence electrons. The number of hydrogen-bond donors (Lipinski definition) is 1. The van der Waals surface area contributed by atoms with E-state index in [2.05, 4.69) is 25.2 Å². The highest BCUT2D eigenvalue weighted by molar-refractivity contribution is 6.62. The summed E-state index contributed by atoms with van der Waals surface area (Å²) in [6.45, 7) is 19.7. The first kappa shape index (κ1) is 27.0. The average Bonchev–Trinajstić information content (AvgIpc) is 2.84. The normalized spacial score (nSPS) is 19.0. The van der Waals surface area contributed by atoms with Gasteiger partial charge in [-0.05, 0) is 85.3 Å². The van der Waals surface area contributed by atoms with Crippen molar-refractivity contribution in [1.82, 2.24) is 5.32 Å². The van der Waals surface area contributed by atoms with E-state index >= 15 is 0 Å². The Hall–Kier alpha value is -2.24. The summed E-state index contributed by atoms with van der Waals surface area (Å²) in [4.78, 5) is 12.4. The molecule has 1 N–H and O–H groups in total. The molecule has 7 nitrogen and oxygen atoms in total. The molecule has 1 atom stereocenters. The molecule has 0 saturated carbocycles. The number of benzene rings is 1. The molecule has 1 saturated heterocycles. The number of nitrogens with zero attached hydrogens (tertiary/aromatic N) is 1. The van der Waals surface area contributed by atoms with Crippen LogP contribution in [-0.4, -0.2) is 42.2 Å². The van der Waals surface area contributed by atoms with Gasteiger partial charge in [0.15, 0.2) is 0 Å². The van der Waals surface area contributed by atoms with Crippen molar-refractivity contribution in [3.05, 3.63) is 23.8 Å². The summed E-state index contributed by atoms with van der Waals surface area (Å²) >= 11 is 0. The first-order valence-electron chi connectivity index (χ1n) is 11.5. The van der Waals surface area contributed by atoms with Gasteiger partial charge in [-0.25, -0.2) is 4.79 Å². The van der Waals surface area contributed by atoms with E-state index in [1.54, 1.807) is 12.1 Å². The van der Waals surface area contributed by atoms with Crippen LogP contribution in [0, 0.1) is 17.2 Å². The van der Waals surface area contributed by atoms with Crippen LogP contribution in [0.1, 0.15) is 81.2 Å². The third kappa shape index (κ3) is 7.12. The predicted octanol–water partition coefficient (Wildman–Crippen LogP) is 4.57. The average molecular weight is 458 g/mol. The van der Waals surface area contributed by atoms with Crippen LogP contribution in [0.3, 0.4) is 0 Å². The van der Waals surface area contributed by atoms with Gasteiger partial charge in [-0.1, -0.05) is 19.9 Å². The zero-order chi connectivity index (χ0) is 25.2. The summed E-state index contributed by atoms with van der Waals surface area (Å²) in [5.41, 5.74) is -1.06. The molecule has 1 amide bonds. The Morgan fingerprint density at radius 2 is 1.73 bits per heavy atom. The highest BCUT2D eigenvalue weighted by Crippen LogP contribution is 2.36. The summed E-state index contributed by atoms with van der Waals surface area (Å²) in [5.74, 6) is 0.758. The maximum Gasteiger partial charge on any atom is 0.494 e. The Morgan fingerprint density at radius 3 is 2.21 bits per heavy atom. The second-order valence-corrected chi connectivity index (χ2v) is 11.5. The molecule has 1 aromatic carbocycles. The van der Waals surface area contributed by atoms with Gasteiger partial charge in [0.25, 0.3) is 0 Å². The maximum absolute atomic E-state index is 12.4. The van der Waals surface area contributed by atoms with Gasteiger partial charge in [0, 0.05) is 0 Å². The predicted molar refractivity (Wildman–Crippen MR) is 130 cm³/mol. The molecule has 1 aliphatic rings. The van der Waals surface area contributed by atoms with Crippen LogP contribution in [0.15, 0.2) is 18.2 Å². The fraction of sp³-hybridized carbons (Fsp3) is 0.680. The van der Waals surface area contributed by atoms with E-state index in [0.717, 1.165) is 5.46 Å². The number of carbonyl (C=O) groups excluding carboxylic acids is 1. The molecule has 0 spiro atoms. The fourth-order valence-corrected chi connectivity index (χ4v) is 3.72. The number of rotatable bonds is 7.